The molecule has 24 heavy (non-hydrogen) atoms. The van der Waals surface area contributed by atoms with Gasteiger partial charge in [0.05, 0.1) is 10.6 Å². The van der Waals surface area contributed by atoms with Gasteiger partial charge in [0.2, 0.25) is 5.89 Å². The minimum absolute atomic E-state index is 0.116. The molecule has 6 nitrogen and oxygen atoms in total. The molecule has 0 aliphatic rings. The lowest BCUT2D eigenvalue weighted by Gasteiger charge is -2.09. The van der Waals surface area contributed by atoms with Gasteiger partial charge in [-0.3, -0.25) is 0 Å². The summed E-state index contributed by atoms with van der Waals surface area (Å²) in [5.74, 6) is -0.0760. The summed E-state index contributed by atoms with van der Waals surface area (Å²) in [6.07, 6.45) is 0.559. The van der Waals surface area contributed by atoms with Crippen molar-refractivity contribution in [2.24, 2.45) is 0 Å². The molecule has 0 N–H and O–H groups in total. The average molecular weight is 364 g/mol. The van der Waals surface area contributed by atoms with Crippen molar-refractivity contribution in [3.63, 3.8) is 0 Å². The van der Waals surface area contributed by atoms with Gasteiger partial charge in [-0.15, -0.1) is 10.2 Å². The van der Waals surface area contributed by atoms with Crippen LogP contribution < -0.4 is 0 Å². The lowest BCUT2D eigenvalue weighted by Crippen LogP contribution is -2.10. The van der Waals surface area contributed by atoms with Gasteiger partial charge in [-0.1, -0.05) is 41.4 Å². The minimum atomic E-state index is -0.725. The molecule has 0 aliphatic carbocycles. The number of aromatic nitrogens is 3. The Morgan fingerprint density at radius 2 is 1.96 bits per heavy atom. The Morgan fingerprint density at radius 3 is 2.67 bits per heavy atom. The van der Waals surface area contributed by atoms with Crippen LogP contribution in [-0.4, -0.2) is 21.2 Å². The third kappa shape index (κ3) is 3.55. The molecule has 2 heterocycles. The number of nitrogens with zero attached hydrogens (tertiary/aromatic N) is 3. The number of benzene rings is 1. The molecule has 8 heteroatoms. The van der Waals surface area contributed by atoms with E-state index in [4.69, 9.17) is 32.4 Å². The summed E-state index contributed by atoms with van der Waals surface area (Å²) in [5.41, 5.74) is 0.961. The van der Waals surface area contributed by atoms with E-state index in [1.165, 1.54) is 12.3 Å². The number of pyridine rings is 1. The van der Waals surface area contributed by atoms with E-state index >= 15 is 0 Å². The molecular formula is C16H11Cl2N3O3. The Bertz CT molecular complexity index is 868. The van der Waals surface area contributed by atoms with Crippen molar-refractivity contribution < 1.29 is 13.9 Å². The van der Waals surface area contributed by atoms with Crippen molar-refractivity contribution in [3.8, 4) is 11.5 Å². The number of rotatable bonds is 4. The van der Waals surface area contributed by atoms with Gasteiger partial charge in [0.15, 0.2) is 6.10 Å². The Kier molecular flexibility index (Phi) is 4.78. The average Bonchev–Trinajstić information content (AvgIpc) is 3.08. The van der Waals surface area contributed by atoms with Gasteiger partial charge in [-0.25, -0.2) is 9.78 Å². The third-order valence-corrected chi connectivity index (χ3v) is 3.81. The highest BCUT2D eigenvalue weighted by Crippen LogP contribution is 2.24. The Labute approximate surface area is 147 Å². The van der Waals surface area contributed by atoms with Crippen LogP contribution in [0, 0.1) is 0 Å². The molecule has 0 amide bonds. The molecule has 2 aromatic heterocycles. The largest absolute Gasteiger partial charge is 0.449 e. The number of carbonyl (C=O) groups is 1. The van der Waals surface area contributed by atoms with Gasteiger partial charge in [0.25, 0.3) is 5.89 Å². The zero-order chi connectivity index (χ0) is 17.1. The van der Waals surface area contributed by atoms with E-state index in [0.29, 0.717) is 5.89 Å². The molecular weight excluding hydrogens is 353 g/mol. The second kappa shape index (κ2) is 6.98. The van der Waals surface area contributed by atoms with Gasteiger partial charge >= 0.3 is 5.97 Å². The minimum Gasteiger partial charge on any atom is -0.449 e. The number of ether oxygens (including phenoxy) is 1. The maximum atomic E-state index is 12.1. The second-order valence-corrected chi connectivity index (χ2v) is 5.62. The Balaban J connectivity index is 1.73. The highest BCUT2D eigenvalue weighted by molar-refractivity contribution is 6.41. The van der Waals surface area contributed by atoms with Crippen LogP contribution in [0.25, 0.3) is 11.5 Å². The first-order valence-corrected chi connectivity index (χ1v) is 7.71. The standard InChI is InChI=1S/C16H11Cl2N3O3/c1-9(23-16(22)11-7-12(17)13(18)19-8-11)14-20-21-15(24-14)10-5-3-2-4-6-10/h2-9H,1H3/t9-/m1/s1. The van der Waals surface area contributed by atoms with Crippen LogP contribution >= 0.6 is 23.2 Å². The maximum absolute atomic E-state index is 12.1. The van der Waals surface area contributed by atoms with Crippen LogP contribution in [0.15, 0.2) is 47.0 Å². The SMILES string of the molecule is C[C@@H](OC(=O)c1cnc(Cl)c(Cl)c1)c1nnc(-c2ccccc2)o1. The predicted octanol–water partition coefficient (Wildman–Crippen LogP) is 4.36. The fraction of sp³-hybridized carbons (Fsp3) is 0.125. The molecule has 0 saturated heterocycles. The molecule has 0 aliphatic heterocycles. The van der Waals surface area contributed by atoms with E-state index in [1.54, 1.807) is 6.92 Å². The second-order valence-electron chi connectivity index (χ2n) is 4.86. The maximum Gasteiger partial charge on any atom is 0.340 e. The smallest absolute Gasteiger partial charge is 0.340 e. The van der Waals surface area contributed by atoms with Gasteiger partial charge < -0.3 is 9.15 Å². The normalized spacial score (nSPS) is 12.0. The van der Waals surface area contributed by atoms with Gasteiger partial charge in [0.1, 0.15) is 5.15 Å². The van der Waals surface area contributed by atoms with E-state index in [9.17, 15) is 4.79 Å². The Morgan fingerprint density at radius 1 is 1.21 bits per heavy atom. The van der Waals surface area contributed by atoms with Crippen LogP contribution in [-0.2, 0) is 4.74 Å². The highest BCUT2D eigenvalue weighted by Gasteiger charge is 2.20. The van der Waals surface area contributed by atoms with Crippen molar-refractivity contribution in [1.82, 2.24) is 15.2 Å². The van der Waals surface area contributed by atoms with Crippen molar-refractivity contribution in [1.29, 1.82) is 0 Å². The van der Waals surface area contributed by atoms with E-state index in [1.807, 2.05) is 30.3 Å². The van der Waals surface area contributed by atoms with E-state index < -0.39 is 12.1 Å². The van der Waals surface area contributed by atoms with Gasteiger partial charge in [0, 0.05) is 11.8 Å². The van der Waals surface area contributed by atoms with E-state index in [0.717, 1.165) is 5.56 Å². The monoisotopic (exact) mass is 363 g/mol. The molecule has 1 atom stereocenters. The zero-order valence-corrected chi connectivity index (χ0v) is 14.0. The fourth-order valence-corrected chi connectivity index (χ4v) is 2.18. The van der Waals surface area contributed by atoms with Crippen LogP contribution in [0.1, 0.15) is 29.3 Å². The molecule has 3 rings (SSSR count). The van der Waals surface area contributed by atoms with Gasteiger partial charge in [-0.05, 0) is 25.1 Å². The van der Waals surface area contributed by atoms with Crippen LogP contribution in [0.3, 0.4) is 0 Å². The number of hydrogen-bond donors (Lipinski definition) is 0. The quantitative estimate of drug-likeness (QED) is 0.506. The molecule has 0 saturated carbocycles. The number of halogens is 2. The van der Waals surface area contributed by atoms with Crippen LogP contribution in [0.2, 0.25) is 10.2 Å². The number of esters is 1. The van der Waals surface area contributed by atoms with Crippen molar-refractivity contribution in [2.75, 3.05) is 0 Å². The van der Waals surface area contributed by atoms with Crippen molar-refractivity contribution in [2.45, 2.75) is 13.0 Å². The molecule has 0 radical (unpaired) electrons. The van der Waals surface area contributed by atoms with Gasteiger partial charge in [-0.2, -0.15) is 0 Å². The lowest BCUT2D eigenvalue weighted by atomic mass is 10.2. The lowest BCUT2D eigenvalue weighted by molar-refractivity contribution is 0.0279. The van der Waals surface area contributed by atoms with E-state index in [2.05, 4.69) is 15.2 Å². The van der Waals surface area contributed by atoms with Crippen molar-refractivity contribution in [3.05, 3.63) is 64.2 Å². The fourth-order valence-electron chi connectivity index (χ4n) is 1.91. The summed E-state index contributed by atoms with van der Waals surface area (Å²) in [7, 11) is 0. The Hall–Kier alpha value is -2.44. The molecule has 0 bridgehead atoms. The molecule has 3 aromatic rings. The first-order chi connectivity index (χ1) is 11.5. The number of hydrogen-bond acceptors (Lipinski definition) is 6. The topological polar surface area (TPSA) is 78.1 Å². The molecule has 0 unspecified atom stereocenters. The molecule has 1 aromatic carbocycles. The highest BCUT2D eigenvalue weighted by atomic mass is 35.5. The summed E-state index contributed by atoms with van der Waals surface area (Å²) in [4.78, 5) is 15.9. The first-order valence-electron chi connectivity index (χ1n) is 6.95. The predicted molar refractivity (Wildman–Crippen MR) is 87.8 cm³/mol. The number of carbonyl (C=O) groups excluding carboxylic acids is 1. The van der Waals surface area contributed by atoms with Crippen molar-refractivity contribution >= 4 is 29.2 Å². The first kappa shape index (κ1) is 16.4. The molecule has 0 fully saturated rings. The summed E-state index contributed by atoms with van der Waals surface area (Å²) in [6.45, 7) is 1.63. The molecule has 122 valence electrons. The zero-order valence-electron chi connectivity index (χ0n) is 12.4. The molecule has 0 spiro atoms. The summed E-state index contributed by atoms with van der Waals surface area (Å²) < 4.78 is 10.8. The van der Waals surface area contributed by atoms with Crippen LogP contribution in [0.4, 0.5) is 0 Å². The summed E-state index contributed by atoms with van der Waals surface area (Å²) in [5, 5.41) is 8.15. The summed E-state index contributed by atoms with van der Waals surface area (Å²) >= 11 is 11.6. The third-order valence-electron chi connectivity index (χ3n) is 3.12. The van der Waals surface area contributed by atoms with E-state index in [-0.39, 0.29) is 21.6 Å². The van der Waals surface area contributed by atoms with Crippen LogP contribution in [0.5, 0.6) is 0 Å². The summed E-state index contributed by atoms with van der Waals surface area (Å²) in [6, 6.07) is 10.7.